The van der Waals surface area contributed by atoms with E-state index in [1.807, 2.05) is 32.0 Å². The average molecular weight is 1170 g/mol. The minimum atomic E-state index is -2.20. The van der Waals surface area contributed by atoms with Gasteiger partial charge in [0.25, 0.3) is 0 Å². The SMILES string of the molecule is CCN(CC)CC(=O)Nc1c(C)cccc1C.Cl.NC(=NCCCCCCN=C(N)N=C(N)Nc1ccc(Cl)cc1)N=C(N)Nc1ccc(Cl)cc1.O=C(O)[C@H](O)[C@@H](O)[C@H](O)[C@H](O)CO.O=C(O)[C@H](O)[C@@H](O)[C@H](O)[C@H](O)CO. The van der Waals surface area contributed by atoms with Gasteiger partial charge in [-0.25, -0.2) is 9.59 Å². The number of carboxylic acids is 2. The molecule has 440 valence electrons. The topological polar surface area (TPSA) is 487 Å². The fourth-order valence-corrected chi connectivity index (χ4v) is 6.13. The monoisotopic (exact) mass is 1170 g/mol. The molecule has 0 radical (unpaired) electrons. The number of carbonyl (C=O) groups is 3. The molecule has 0 spiro atoms. The second kappa shape index (κ2) is 41.1. The van der Waals surface area contributed by atoms with E-state index in [-0.39, 0.29) is 42.2 Å². The average Bonchev–Trinajstić information content (AvgIpc) is 3.39. The van der Waals surface area contributed by atoms with E-state index in [0.717, 1.165) is 67.0 Å². The summed E-state index contributed by atoms with van der Waals surface area (Å²) in [4.78, 5) is 50.6. The van der Waals surface area contributed by atoms with Crippen LogP contribution < -0.4 is 38.9 Å². The highest BCUT2D eigenvalue weighted by Crippen LogP contribution is 2.19. The van der Waals surface area contributed by atoms with Gasteiger partial charge in [0, 0.05) is 40.2 Å². The number of anilines is 3. The highest BCUT2D eigenvalue weighted by molar-refractivity contribution is 6.31. The molecule has 0 heterocycles. The summed E-state index contributed by atoms with van der Waals surface area (Å²) in [5.74, 6) is -2.83. The molecule has 0 aliphatic carbocycles. The van der Waals surface area contributed by atoms with Crippen molar-refractivity contribution in [2.45, 2.75) is 102 Å². The summed E-state index contributed by atoms with van der Waals surface area (Å²) in [5, 5.41) is 114. The van der Waals surface area contributed by atoms with Gasteiger partial charge in [-0.15, -0.1) is 12.4 Å². The van der Waals surface area contributed by atoms with Crippen LogP contribution in [0.4, 0.5) is 17.1 Å². The number of nitrogens with two attached hydrogens (primary N) is 4. The third-order valence-electron chi connectivity index (χ3n) is 10.3. The molecule has 3 rings (SSSR count). The van der Waals surface area contributed by atoms with E-state index in [1.165, 1.54) is 0 Å². The molecule has 23 N–H and O–H groups in total. The summed E-state index contributed by atoms with van der Waals surface area (Å²) < 4.78 is 0. The molecule has 8 atom stereocenters. The number of unbranched alkanes of at least 4 members (excludes halogenated alkanes) is 3. The first kappa shape index (κ1) is 74.1. The van der Waals surface area contributed by atoms with E-state index in [4.69, 9.17) is 107 Å². The minimum absolute atomic E-state index is 0. The van der Waals surface area contributed by atoms with Crippen molar-refractivity contribution in [3.8, 4) is 0 Å². The normalized spacial score (nSPS) is 14.8. The molecular formula is C48H77Cl3N12O15. The van der Waals surface area contributed by atoms with E-state index in [0.29, 0.717) is 29.7 Å². The van der Waals surface area contributed by atoms with Crippen LogP contribution in [0, 0.1) is 13.8 Å². The number of aliphatic hydroxyl groups excluding tert-OH is 10. The zero-order valence-corrected chi connectivity index (χ0v) is 45.9. The number of para-hydroxylation sites is 1. The number of aliphatic hydroxyl groups is 10. The number of nitrogens with one attached hydrogen (secondary N) is 3. The maximum absolute atomic E-state index is 11.9. The number of hydrogen-bond acceptors (Lipinski definition) is 16. The molecule has 3 aromatic carbocycles. The van der Waals surface area contributed by atoms with Crippen molar-refractivity contribution >= 4 is 94.4 Å². The number of carboxylic acid groups (broad SMARTS) is 2. The molecule has 3 aromatic rings. The lowest BCUT2D eigenvalue weighted by atomic mass is 10.0. The molecule has 1 amide bonds. The predicted octanol–water partition coefficient (Wildman–Crippen LogP) is -0.644. The smallest absolute Gasteiger partial charge is 0.335 e. The van der Waals surface area contributed by atoms with Crippen molar-refractivity contribution < 1.29 is 75.7 Å². The van der Waals surface area contributed by atoms with Crippen molar-refractivity contribution in [1.29, 1.82) is 0 Å². The van der Waals surface area contributed by atoms with E-state index in [2.05, 4.69) is 54.7 Å². The van der Waals surface area contributed by atoms with Crippen LogP contribution in [0.15, 0.2) is 86.7 Å². The van der Waals surface area contributed by atoms with Gasteiger partial charge in [-0.1, -0.05) is 68.1 Å². The number of carbonyl (C=O) groups excluding carboxylic acids is 1. The van der Waals surface area contributed by atoms with Crippen LogP contribution in [0.2, 0.25) is 10.0 Å². The van der Waals surface area contributed by atoms with Crippen LogP contribution >= 0.6 is 35.6 Å². The lowest BCUT2D eigenvalue weighted by Crippen LogP contribution is -2.48. The minimum Gasteiger partial charge on any atom is -0.479 e. The number of likely N-dealkylation sites (N-methyl/N-ethyl adjacent to an activating group) is 1. The number of hydrogen-bond donors (Lipinski definition) is 19. The predicted molar refractivity (Wildman–Crippen MR) is 302 cm³/mol. The number of aryl methyl sites for hydroxylation is 2. The summed E-state index contributed by atoms with van der Waals surface area (Å²) in [7, 11) is 0. The molecule has 0 aliphatic heterocycles. The summed E-state index contributed by atoms with van der Waals surface area (Å²) in [6, 6.07) is 20.2. The zero-order chi connectivity index (χ0) is 58.8. The number of aliphatic imine (C=N–C) groups is 4. The first-order valence-corrected chi connectivity index (χ1v) is 24.5. The van der Waals surface area contributed by atoms with Crippen molar-refractivity contribution in [3.05, 3.63) is 87.9 Å². The van der Waals surface area contributed by atoms with Crippen LogP contribution in [0.25, 0.3) is 0 Å². The summed E-state index contributed by atoms with van der Waals surface area (Å²) in [6.07, 6.45) is -12.0. The standard InChI is InChI=1S/C22H30Cl2N10.C14H22N2O.2C6H12O7.ClH/c23-15-5-9-17(10-6-15)31-21(27)33-19(25)29-13-3-1-2-4-14-30-20(26)34-22(28)32-18-11-7-16(24)8-12-18;1-5-16(6-2)10-13(17)15-14-11(3)8-7-9-12(14)4;2*7-1-2(8)3(9)4(10)5(11)6(12)13;/h5-12H,1-4,13-14H2,(H5,25,27,29,31,33)(H5,26,28,30,32,34);7-9H,5-6,10H2,1-4H3,(H,15,17);2*2-5,7-11H,1H2,(H,12,13);1H/t;;2*2-,3-,4+,5-;/m..11./s1. The van der Waals surface area contributed by atoms with Gasteiger partial charge < -0.3 is 100 Å². The lowest BCUT2D eigenvalue weighted by Gasteiger charge is -2.23. The highest BCUT2D eigenvalue weighted by Gasteiger charge is 2.35. The van der Waals surface area contributed by atoms with E-state index >= 15 is 0 Å². The molecule has 0 aromatic heterocycles. The van der Waals surface area contributed by atoms with E-state index in [1.54, 1.807) is 48.5 Å². The Labute approximate surface area is 468 Å². The van der Waals surface area contributed by atoms with Gasteiger partial charge in [-0.3, -0.25) is 19.7 Å². The van der Waals surface area contributed by atoms with Gasteiger partial charge in [-0.05, 0) is 99.4 Å². The molecule has 0 fully saturated rings. The Balaban J connectivity index is 0. The van der Waals surface area contributed by atoms with Gasteiger partial charge in [0.1, 0.15) is 36.6 Å². The number of guanidine groups is 4. The van der Waals surface area contributed by atoms with Crippen LogP contribution in [0.5, 0.6) is 0 Å². The Bertz CT molecular complexity index is 2180. The highest BCUT2D eigenvalue weighted by atomic mass is 35.5. The maximum atomic E-state index is 11.9. The van der Waals surface area contributed by atoms with Gasteiger partial charge in [0.2, 0.25) is 29.7 Å². The van der Waals surface area contributed by atoms with Crippen molar-refractivity contribution in [2.24, 2.45) is 42.9 Å². The molecule has 0 aliphatic rings. The van der Waals surface area contributed by atoms with Gasteiger partial charge in [0.05, 0.1) is 19.8 Å². The van der Waals surface area contributed by atoms with Crippen molar-refractivity contribution in [3.63, 3.8) is 0 Å². The number of benzene rings is 3. The van der Waals surface area contributed by atoms with Crippen LogP contribution in [0.3, 0.4) is 0 Å². The molecule has 0 saturated carbocycles. The number of rotatable bonds is 24. The van der Waals surface area contributed by atoms with Crippen LogP contribution in [0.1, 0.15) is 50.7 Å². The zero-order valence-electron chi connectivity index (χ0n) is 43.5. The Morgan fingerprint density at radius 2 is 0.910 bits per heavy atom. The van der Waals surface area contributed by atoms with E-state index in [9.17, 15) is 14.4 Å². The largest absolute Gasteiger partial charge is 0.479 e. The first-order valence-electron chi connectivity index (χ1n) is 23.8. The van der Waals surface area contributed by atoms with Gasteiger partial charge in [0.15, 0.2) is 12.2 Å². The van der Waals surface area contributed by atoms with Crippen LogP contribution in [-0.2, 0) is 14.4 Å². The molecule has 0 saturated heterocycles. The van der Waals surface area contributed by atoms with Crippen LogP contribution in [-0.4, -0.2) is 203 Å². The number of halogens is 3. The van der Waals surface area contributed by atoms with Gasteiger partial charge >= 0.3 is 11.9 Å². The number of aliphatic carboxylic acids is 2. The Morgan fingerprint density at radius 3 is 1.22 bits per heavy atom. The molecule has 0 bridgehead atoms. The number of nitrogens with zero attached hydrogens (tertiary/aromatic N) is 5. The fourth-order valence-electron chi connectivity index (χ4n) is 5.88. The van der Waals surface area contributed by atoms with Gasteiger partial charge in [-0.2, -0.15) is 9.98 Å². The lowest BCUT2D eigenvalue weighted by molar-refractivity contribution is -0.164. The quantitative estimate of drug-likeness (QED) is 0.0301. The molecular weight excluding hydrogens is 1090 g/mol. The second-order valence-corrected chi connectivity index (χ2v) is 17.3. The third-order valence-corrected chi connectivity index (χ3v) is 10.8. The second-order valence-electron chi connectivity index (χ2n) is 16.5. The van der Waals surface area contributed by atoms with Crippen molar-refractivity contribution in [2.75, 3.05) is 61.9 Å². The molecule has 0 unspecified atom stereocenters. The first-order chi connectivity index (χ1) is 36.2. The third kappa shape index (κ3) is 31.4. The Morgan fingerprint density at radius 1 is 0.564 bits per heavy atom. The van der Waals surface area contributed by atoms with Crippen molar-refractivity contribution in [1.82, 2.24) is 4.90 Å². The number of amides is 1. The molecule has 30 heteroatoms. The molecule has 27 nitrogen and oxygen atoms in total. The van der Waals surface area contributed by atoms with E-state index < -0.39 is 74.0 Å². The molecule has 78 heavy (non-hydrogen) atoms. The summed E-state index contributed by atoms with van der Waals surface area (Å²) >= 11 is 11.7. The summed E-state index contributed by atoms with van der Waals surface area (Å²) in [6.45, 7) is 9.85. The Kier molecular flexibility index (Phi) is 39.0. The maximum Gasteiger partial charge on any atom is 0.335 e. The summed E-state index contributed by atoms with van der Waals surface area (Å²) in [5.41, 5.74) is 27.9. The fraction of sp³-hybridized carbons (Fsp3) is 0.479. The Hall–Kier alpha value is -6.02.